The zero-order valence-electron chi connectivity index (χ0n) is 15.4. The van der Waals surface area contributed by atoms with E-state index in [-0.39, 0.29) is 12.5 Å². The Morgan fingerprint density at radius 3 is 2.83 bits per heavy atom. The van der Waals surface area contributed by atoms with E-state index in [1.165, 1.54) is 11.3 Å². The number of amides is 4. The van der Waals surface area contributed by atoms with E-state index >= 15 is 0 Å². The molecule has 0 spiro atoms. The molecule has 2 aromatic heterocycles. The fourth-order valence-electron chi connectivity index (χ4n) is 3.83. The summed E-state index contributed by atoms with van der Waals surface area (Å²) in [6.07, 6.45) is 3.39. The van der Waals surface area contributed by atoms with Crippen LogP contribution in [-0.2, 0) is 16.9 Å². The standard InChI is InChI=1S/C20H16N4O4S/c1-28-13-3-2-11-9-24(17(25)14(11)7-13)10-20(18(26)22-19(27)23-20)16-6-12-8-21-5-4-15(12)29-16/h2-8H,9-10H2,1H3,(H2,22,23,26,27)/t20-/m0/s1. The minimum atomic E-state index is -1.34. The molecule has 2 N–H and O–H groups in total. The number of aromatic nitrogens is 1. The van der Waals surface area contributed by atoms with Crippen molar-refractivity contribution >= 4 is 39.3 Å². The second kappa shape index (κ2) is 6.28. The molecule has 146 valence electrons. The number of ether oxygens (including phenoxy) is 1. The average molecular weight is 408 g/mol. The number of benzene rings is 1. The van der Waals surface area contributed by atoms with Gasteiger partial charge in [0.2, 0.25) is 0 Å². The van der Waals surface area contributed by atoms with Gasteiger partial charge in [-0.2, -0.15) is 0 Å². The smallest absolute Gasteiger partial charge is 0.322 e. The number of carbonyl (C=O) groups is 3. The molecule has 1 atom stereocenters. The first kappa shape index (κ1) is 17.6. The summed E-state index contributed by atoms with van der Waals surface area (Å²) in [6, 6.07) is 8.47. The van der Waals surface area contributed by atoms with Crippen LogP contribution in [0.5, 0.6) is 5.75 Å². The average Bonchev–Trinajstić information content (AvgIpc) is 3.36. The van der Waals surface area contributed by atoms with E-state index in [1.54, 1.807) is 36.5 Å². The van der Waals surface area contributed by atoms with E-state index in [9.17, 15) is 14.4 Å². The van der Waals surface area contributed by atoms with Gasteiger partial charge in [0.25, 0.3) is 11.8 Å². The maximum absolute atomic E-state index is 13.0. The highest BCUT2D eigenvalue weighted by Gasteiger charge is 2.51. The fourth-order valence-corrected chi connectivity index (χ4v) is 4.99. The van der Waals surface area contributed by atoms with Crippen LogP contribution in [0.3, 0.4) is 0 Å². The number of fused-ring (bicyclic) bond motifs is 2. The number of nitrogens with zero attached hydrogens (tertiary/aromatic N) is 2. The summed E-state index contributed by atoms with van der Waals surface area (Å²) in [6.45, 7) is 0.385. The van der Waals surface area contributed by atoms with Gasteiger partial charge in [0.05, 0.1) is 13.7 Å². The Hall–Kier alpha value is -3.46. The van der Waals surface area contributed by atoms with Gasteiger partial charge in [0.1, 0.15) is 5.75 Å². The number of hydrogen-bond donors (Lipinski definition) is 2. The van der Waals surface area contributed by atoms with Crippen LogP contribution >= 0.6 is 11.3 Å². The van der Waals surface area contributed by atoms with Gasteiger partial charge >= 0.3 is 6.03 Å². The number of hydrogen-bond acceptors (Lipinski definition) is 6. The van der Waals surface area contributed by atoms with Crippen LogP contribution in [0.25, 0.3) is 10.1 Å². The highest BCUT2D eigenvalue weighted by atomic mass is 32.1. The predicted molar refractivity (Wildman–Crippen MR) is 106 cm³/mol. The van der Waals surface area contributed by atoms with Crippen LogP contribution < -0.4 is 15.4 Å². The van der Waals surface area contributed by atoms with Crippen LogP contribution in [0.2, 0.25) is 0 Å². The Kier molecular flexibility index (Phi) is 3.82. The SMILES string of the molecule is COc1ccc2c(c1)C(=O)N(C[C@@]1(c3cc4cnccc4s3)NC(=O)NC1=O)C2. The minimum absolute atomic E-state index is 0.0284. The quantitative estimate of drug-likeness (QED) is 0.643. The number of imide groups is 1. The Morgan fingerprint density at radius 1 is 1.24 bits per heavy atom. The summed E-state index contributed by atoms with van der Waals surface area (Å²) in [5.74, 6) is -0.0732. The third-order valence-electron chi connectivity index (χ3n) is 5.30. The third kappa shape index (κ3) is 2.65. The molecule has 29 heavy (non-hydrogen) atoms. The number of urea groups is 1. The number of carbonyl (C=O) groups excluding carboxylic acids is 3. The first-order valence-electron chi connectivity index (χ1n) is 8.94. The number of pyridine rings is 1. The van der Waals surface area contributed by atoms with Crippen molar-refractivity contribution in [2.24, 2.45) is 0 Å². The molecule has 9 heteroatoms. The number of methoxy groups -OCH3 is 1. The van der Waals surface area contributed by atoms with Gasteiger partial charge in [0, 0.05) is 39.5 Å². The molecule has 0 radical (unpaired) electrons. The maximum atomic E-state index is 13.0. The van der Waals surface area contributed by atoms with E-state index < -0.39 is 17.5 Å². The van der Waals surface area contributed by atoms with Gasteiger partial charge < -0.3 is 15.0 Å². The molecule has 4 amide bonds. The Balaban J connectivity index is 1.54. The van der Waals surface area contributed by atoms with Crippen LogP contribution in [0, 0.1) is 0 Å². The number of thiophene rings is 1. The van der Waals surface area contributed by atoms with Gasteiger partial charge in [-0.3, -0.25) is 19.9 Å². The normalized spacial score (nSPS) is 20.7. The van der Waals surface area contributed by atoms with Gasteiger partial charge in [-0.1, -0.05) is 6.07 Å². The van der Waals surface area contributed by atoms with Crippen molar-refractivity contribution in [1.29, 1.82) is 0 Å². The fraction of sp³-hybridized carbons (Fsp3) is 0.200. The van der Waals surface area contributed by atoms with E-state index in [0.717, 1.165) is 15.6 Å². The first-order chi connectivity index (χ1) is 14.0. The molecule has 0 aliphatic carbocycles. The molecule has 5 rings (SSSR count). The van der Waals surface area contributed by atoms with Gasteiger partial charge in [-0.05, 0) is 29.8 Å². The van der Waals surface area contributed by atoms with Crippen LogP contribution in [-0.4, -0.2) is 41.4 Å². The van der Waals surface area contributed by atoms with Crippen molar-refractivity contribution in [3.05, 3.63) is 58.7 Å². The van der Waals surface area contributed by atoms with Crippen molar-refractivity contribution in [3.63, 3.8) is 0 Å². The number of nitrogens with one attached hydrogen (secondary N) is 2. The molecule has 3 aromatic rings. The minimum Gasteiger partial charge on any atom is -0.497 e. The summed E-state index contributed by atoms with van der Waals surface area (Å²) >= 11 is 1.40. The van der Waals surface area contributed by atoms with Crippen molar-refractivity contribution in [2.45, 2.75) is 12.1 Å². The molecule has 2 aliphatic heterocycles. The topological polar surface area (TPSA) is 101 Å². The highest BCUT2D eigenvalue weighted by Crippen LogP contribution is 2.37. The number of rotatable bonds is 4. The Bertz CT molecular complexity index is 1160. The molecule has 0 saturated carbocycles. The molecular formula is C20H16N4O4S. The van der Waals surface area contributed by atoms with Crippen LogP contribution in [0.1, 0.15) is 20.8 Å². The molecule has 1 saturated heterocycles. The monoisotopic (exact) mass is 408 g/mol. The van der Waals surface area contributed by atoms with E-state index in [2.05, 4.69) is 15.6 Å². The summed E-state index contributed by atoms with van der Waals surface area (Å²) in [5, 5.41) is 5.96. The van der Waals surface area contributed by atoms with Crippen LogP contribution in [0.4, 0.5) is 4.79 Å². The molecule has 8 nitrogen and oxygen atoms in total. The van der Waals surface area contributed by atoms with Gasteiger partial charge in [-0.25, -0.2) is 4.79 Å². The maximum Gasteiger partial charge on any atom is 0.322 e. The van der Waals surface area contributed by atoms with E-state index in [1.807, 2.05) is 18.2 Å². The highest BCUT2D eigenvalue weighted by molar-refractivity contribution is 7.19. The molecular weight excluding hydrogens is 392 g/mol. The largest absolute Gasteiger partial charge is 0.497 e. The van der Waals surface area contributed by atoms with Crippen molar-refractivity contribution in [1.82, 2.24) is 20.5 Å². The lowest BCUT2D eigenvalue weighted by Crippen LogP contribution is -2.52. The summed E-state index contributed by atoms with van der Waals surface area (Å²) in [5.41, 5.74) is 0.0590. The van der Waals surface area contributed by atoms with Crippen molar-refractivity contribution < 1.29 is 19.1 Å². The van der Waals surface area contributed by atoms with E-state index in [4.69, 9.17) is 4.74 Å². The van der Waals surface area contributed by atoms with Crippen molar-refractivity contribution in [2.75, 3.05) is 13.7 Å². The van der Waals surface area contributed by atoms with Crippen molar-refractivity contribution in [3.8, 4) is 5.75 Å². The summed E-state index contributed by atoms with van der Waals surface area (Å²) < 4.78 is 6.16. The molecule has 1 fully saturated rings. The lowest BCUT2D eigenvalue weighted by molar-refractivity contribution is -0.124. The molecule has 0 bridgehead atoms. The Labute approximate surface area is 169 Å². The summed E-state index contributed by atoms with van der Waals surface area (Å²) in [4.78, 5) is 44.3. The lowest BCUT2D eigenvalue weighted by Gasteiger charge is -2.30. The second-order valence-electron chi connectivity index (χ2n) is 7.02. The van der Waals surface area contributed by atoms with Crippen LogP contribution in [0.15, 0.2) is 42.7 Å². The van der Waals surface area contributed by atoms with E-state index in [0.29, 0.717) is 22.7 Å². The zero-order valence-corrected chi connectivity index (χ0v) is 16.2. The predicted octanol–water partition coefficient (Wildman–Crippen LogP) is 2.00. The second-order valence-corrected chi connectivity index (χ2v) is 8.11. The molecule has 4 heterocycles. The Morgan fingerprint density at radius 2 is 2.10 bits per heavy atom. The third-order valence-corrected chi connectivity index (χ3v) is 6.58. The molecule has 0 unspecified atom stereocenters. The van der Waals surface area contributed by atoms with Gasteiger partial charge in [0.15, 0.2) is 5.54 Å². The van der Waals surface area contributed by atoms with Gasteiger partial charge in [-0.15, -0.1) is 11.3 Å². The first-order valence-corrected chi connectivity index (χ1v) is 9.76. The molecule has 2 aliphatic rings. The zero-order chi connectivity index (χ0) is 20.2. The molecule has 1 aromatic carbocycles. The summed E-state index contributed by atoms with van der Waals surface area (Å²) in [7, 11) is 1.54. The lowest BCUT2D eigenvalue weighted by atomic mass is 9.96.